The molecule has 0 saturated heterocycles. The first kappa shape index (κ1) is 43.1. The maximum absolute atomic E-state index is 4.98. The van der Waals surface area contributed by atoms with Gasteiger partial charge in [-0.05, 0) is 277 Å². The minimum Gasteiger partial charge on any atom is -0.176 e. The third-order valence-electron chi connectivity index (χ3n) is 26.1. The van der Waals surface area contributed by atoms with Crippen LogP contribution in [0, 0.1) is 142 Å². The summed E-state index contributed by atoms with van der Waals surface area (Å²) in [5.74, 6) is 25.1. The van der Waals surface area contributed by atoms with Crippen LogP contribution in [0.2, 0.25) is 0 Å². The molecule has 66 heavy (non-hydrogen) atoms. The molecule has 18 aliphatic carbocycles. The Labute approximate surface area is 424 Å². The van der Waals surface area contributed by atoms with Crippen LogP contribution in [-0.2, 0) is 0 Å². The second kappa shape index (κ2) is 16.4. The number of thioether (sulfide) groups is 3. The minimum absolute atomic E-state index is 0.740. The number of hydrogen-bond donors (Lipinski definition) is 2. The van der Waals surface area contributed by atoms with Gasteiger partial charge in [-0.15, -0.1) is 0 Å². The van der Waals surface area contributed by atoms with Gasteiger partial charge < -0.3 is 0 Å². The van der Waals surface area contributed by atoms with Gasteiger partial charge in [0.05, 0.1) is 0 Å². The highest BCUT2D eigenvalue weighted by molar-refractivity contribution is 8.01. The van der Waals surface area contributed by atoms with E-state index in [1.54, 1.807) is 82.6 Å². The van der Waals surface area contributed by atoms with Gasteiger partial charge in [0.2, 0.25) is 0 Å². The van der Waals surface area contributed by atoms with Gasteiger partial charge in [-0.25, -0.2) is 0 Å². The van der Waals surface area contributed by atoms with Gasteiger partial charge in [-0.2, -0.15) is 60.5 Å². The summed E-state index contributed by atoms with van der Waals surface area (Å²) in [5.41, 5.74) is 1.75. The van der Waals surface area contributed by atoms with Gasteiger partial charge >= 0.3 is 0 Å². The van der Waals surface area contributed by atoms with Crippen LogP contribution in [0.4, 0.5) is 0 Å². The van der Waals surface area contributed by atoms with Gasteiger partial charge in [0.25, 0.3) is 0 Å². The molecule has 32 unspecified atom stereocenters. The van der Waals surface area contributed by atoms with Crippen molar-refractivity contribution in [2.45, 2.75) is 177 Å². The monoisotopic (exact) mass is 977 g/mol. The van der Waals surface area contributed by atoms with E-state index in [1.165, 1.54) is 51.4 Å². The molecule has 0 aromatic heterocycles. The normalized spacial score (nSPS) is 62.6. The van der Waals surface area contributed by atoms with Crippen molar-refractivity contribution in [3.8, 4) is 0 Å². The van der Waals surface area contributed by atoms with E-state index in [0.29, 0.717) is 0 Å². The summed E-state index contributed by atoms with van der Waals surface area (Å²) in [4.78, 5) is 0. The Morgan fingerprint density at radius 2 is 0.773 bits per heavy atom. The average molecular weight is 978 g/mol. The fourth-order valence-corrected chi connectivity index (χ4v) is 31.7. The lowest BCUT2D eigenvalue weighted by molar-refractivity contribution is 0.264. The molecule has 0 aromatic rings. The Morgan fingerprint density at radius 3 is 1.35 bits per heavy atom. The summed E-state index contributed by atoms with van der Waals surface area (Å²) in [6.07, 6.45) is 48.0. The van der Waals surface area contributed by atoms with Crippen molar-refractivity contribution in [1.29, 1.82) is 0 Å². The smallest absolute Gasteiger partial charge is 0.00867 e. The van der Waals surface area contributed by atoms with E-state index >= 15 is 0 Å². The third kappa shape index (κ3) is 6.46. The van der Waals surface area contributed by atoms with Crippen LogP contribution in [0.25, 0.3) is 0 Å². The SMILES string of the molecule is C1=CC2C(C1)C1CC(SC3CC4CC3C3CC=CC43)C2C1.CC1=CCC2C3CC(CC3SC3CC4CC3C3C(S)CCC43)C12.SC1CCC2C3CC(SC4CC5CC4C4CC=CC54)C(C3)C12. The molecular weight excluding hydrogens is 893 g/mol. The van der Waals surface area contributed by atoms with Crippen LogP contribution in [0.15, 0.2) is 48.1 Å². The number of hydrogen-bond acceptors (Lipinski definition) is 5. The summed E-state index contributed by atoms with van der Waals surface area (Å²) >= 11 is 17.4. The van der Waals surface area contributed by atoms with E-state index in [0.717, 1.165) is 184 Å². The predicted molar refractivity (Wildman–Crippen MR) is 288 cm³/mol. The van der Waals surface area contributed by atoms with Gasteiger partial charge in [0, 0.05) is 42.0 Å². The van der Waals surface area contributed by atoms with Crippen molar-refractivity contribution in [2.75, 3.05) is 0 Å². The van der Waals surface area contributed by atoms with Crippen LogP contribution in [0.1, 0.15) is 135 Å². The van der Waals surface area contributed by atoms with E-state index in [1.807, 2.05) is 0 Å². The van der Waals surface area contributed by atoms with E-state index < -0.39 is 0 Å². The highest BCUT2D eigenvalue weighted by Crippen LogP contribution is 2.69. The second-order valence-corrected chi connectivity index (χ2v) is 33.6. The van der Waals surface area contributed by atoms with Crippen LogP contribution in [-0.4, -0.2) is 42.0 Å². The maximum atomic E-state index is 4.98. The molecule has 0 N–H and O–H groups in total. The standard InChI is InChI=1S/C21H30S2.C20H28S2.C20H26S/c1-10-2-3-14-15-7-12(20(10)14)9-18(15)23-19-8-11-6-16(19)21-13(11)4-5-17(21)22;21-17-5-4-13-11-7-16(20(13)17)19(9-11)22-18-8-10-6-15(18)14-3-1-2-12(10)14;1-3-13-11-7-17(15(13)5-1)19(9-11)21-20-10-12-8-18(20)16-6-2-4-14(12)16/h2,11-22H,3-9H2,1H3;1-2,10-21H,3-9H2;1-3,6,11-20H,4-5,7-10H2. The van der Waals surface area contributed by atoms with Gasteiger partial charge in [0.1, 0.15) is 0 Å². The van der Waals surface area contributed by atoms with Gasteiger partial charge in [0.15, 0.2) is 0 Å². The third-order valence-corrected chi connectivity index (χ3v) is 32.6. The molecule has 14 fully saturated rings. The average Bonchev–Trinajstić information content (AvgIpc) is 4.10. The van der Waals surface area contributed by atoms with E-state index in [-0.39, 0.29) is 0 Å². The summed E-state index contributed by atoms with van der Waals surface area (Å²) < 4.78 is 0. The molecular formula is C61H84S5. The number of rotatable bonds is 6. The molecule has 32 atom stereocenters. The van der Waals surface area contributed by atoms with Crippen molar-refractivity contribution in [1.82, 2.24) is 0 Å². The van der Waals surface area contributed by atoms with Crippen LogP contribution in [0.5, 0.6) is 0 Å². The van der Waals surface area contributed by atoms with Crippen molar-refractivity contribution in [3.63, 3.8) is 0 Å². The Morgan fingerprint density at radius 1 is 0.364 bits per heavy atom. The molecule has 0 heterocycles. The molecule has 0 radical (unpaired) electrons. The van der Waals surface area contributed by atoms with Crippen LogP contribution in [0.3, 0.4) is 0 Å². The molecule has 0 nitrogen and oxygen atoms in total. The van der Waals surface area contributed by atoms with E-state index in [4.69, 9.17) is 25.3 Å². The van der Waals surface area contributed by atoms with Crippen LogP contribution >= 0.6 is 60.5 Å². The molecule has 14 saturated carbocycles. The molecule has 5 heteroatoms. The van der Waals surface area contributed by atoms with Gasteiger partial charge in [-0.1, -0.05) is 48.1 Å². The zero-order valence-corrected chi connectivity index (χ0v) is 44.5. The molecule has 18 aliphatic rings. The Balaban J connectivity index is 0.0000000878. The predicted octanol–water partition coefficient (Wildman–Crippen LogP) is 15.4. The molecule has 0 spiro atoms. The summed E-state index contributed by atoms with van der Waals surface area (Å²) in [5, 5.41) is 7.59. The minimum atomic E-state index is 0.740. The van der Waals surface area contributed by atoms with Gasteiger partial charge in [-0.3, -0.25) is 0 Å². The maximum Gasteiger partial charge on any atom is 0.00867 e. The zero-order valence-electron chi connectivity index (χ0n) is 40.3. The lowest BCUT2D eigenvalue weighted by Gasteiger charge is -2.38. The summed E-state index contributed by atoms with van der Waals surface area (Å²) in [7, 11) is 0. The number of fused-ring (bicyclic) bond motifs is 30. The molecule has 12 bridgehead atoms. The van der Waals surface area contributed by atoms with Crippen molar-refractivity contribution >= 4 is 60.5 Å². The fraction of sp³-hybridized carbons (Fsp3) is 0.869. The molecule has 0 aliphatic heterocycles. The highest BCUT2D eigenvalue weighted by Gasteiger charge is 2.62. The molecule has 0 amide bonds. The number of allylic oxidation sites excluding steroid dienone is 8. The fourth-order valence-electron chi connectivity index (χ4n) is 24.0. The largest absolute Gasteiger partial charge is 0.176 e. The van der Waals surface area contributed by atoms with Crippen LogP contribution < -0.4 is 0 Å². The number of thiol groups is 2. The first-order valence-corrected chi connectivity index (χ1v) is 33.2. The lowest BCUT2D eigenvalue weighted by atomic mass is 9.79. The lowest BCUT2D eigenvalue weighted by Crippen LogP contribution is -2.34. The zero-order chi connectivity index (χ0) is 43.3. The molecule has 358 valence electrons. The topological polar surface area (TPSA) is 0 Å². The Kier molecular flexibility index (Phi) is 10.7. The van der Waals surface area contributed by atoms with Crippen molar-refractivity contribution < 1.29 is 0 Å². The van der Waals surface area contributed by atoms with E-state index in [2.05, 4.69) is 84.7 Å². The molecule has 0 aromatic carbocycles. The second-order valence-electron chi connectivity index (χ2n) is 27.9. The summed E-state index contributed by atoms with van der Waals surface area (Å²) in [6.45, 7) is 2.41. The van der Waals surface area contributed by atoms with Crippen molar-refractivity contribution in [2.24, 2.45) is 142 Å². The Bertz CT molecular complexity index is 2040. The molecule has 18 rings (SSSR count). The quantitative estimate of drug-likeness (QED) is 0.201. The Hall–Kier alpha value is 0.710. The first-order chi connectivity index (χ1) is 32.4. The van der Waals surface area contributed by atoms with Crippen molar-refractivity contribution in [3.05, 3.63) is 48.1 Å². The summed E-state index contributed by atoms with van der Waals surface area (Å²) in [6, 6.07) is 0. The highest BCUT2D eigenvalue weighted by atomic mass is 32.2. The first-order valence-electron chi connectivity index (χ1n) is 29.4. The van der Waals surface area contributed by atoms with E-state index in [9.17, 15) is 0 Å².